The van der Waals surface area contributed by atoms with Crippen molar-refractivity contribution in [3.05, 3.63) is 87.9 Å². The fraction of sp³-hybridized carbons (Fsp3) is 0.276. The van der Waals surface area contributed by atoms with Gasteiger partial charge in [-0.15, -0.1) is 0 Å². The van der Waals surface area contributed by atoms with E-state index in [1.807, 2.05) is 53.4 Å². The predicted octanol–water partition coefficient (Wildman–Crippen LogP) is 5.30. The van der Waals surface area contributed by atoms with Crippen LogP contribution in [-0.4, -0.2) is 54.5 Å². The van der Waals surface area contributed by atoms with E-state index in [0.29, 0.717) is 35.4 Å². The quantitative estimate of drug-likeness (QED) is 0.360. The van der Waals surface area contributed by atoms with Crippen LogP contribution in [0.4, 0.5) is 0 Å². The van der Waals surface area contributed by atoms with Gasteiger partial charge in [0.2, 0.25) is 0 Å². The van der Waals surface area contributed by atoms with E-state index in [2.05, 4.69) is 0 Å². The molecular formula is C29H28Cl2N4O5S. The van der Waals surface area contributed by atoms with Crippen LogP contribution in [0.3, 0.4) is 0 Å². The number of carboxylic acid groups (broad SMARTS) is 1. The van der Waals surface area contributed by atoms with Gasteiger partial charge in [0.1, 0.15) is 11.6 Å². The Labute approximate surface area is 248 Å². The maximum absolute atomic E-state index is 12.3. The number of carbonyl (C=O) groups is 1. The van der Waals surface area contributed by atoms with Gasteiger partial charge >= 0.3 is 10.1 Å². The first-order valence-corrected chi connectivity index (χ1v) is 15.2. The first kappa shape index (κ1) is 28.9. The van der Waals surface area contributed by atoms with Crippen LogP contribution in [0.15, 0.2) is 76.7 Å². The van der Waals surface area contributed by atoms with Crippen LogP contribution in [0.1, 0.15) is 37.3 Å². The van der Waals surface area contributed by atoms with Gasteiger partial charge in [0.05, 0.1) is 5.25 Å². The maximum atomic E-state index is 12.3. The molecule has 0 spiro atoms. The second kappa shape index (κ2) is 11.3. The van der Waals surface area contributed by atoms with Gasteiger partial charge in [-0.05, 0) is 77.9 Å². The minimum atomic E-state index is -3.61. The first-order chi connectivity index (χ1) is 19.5. The molecule has 3 aliphatic rings. The summed E-state index contributed by atoms with van der Waals surface area (Å²) >= 11 is 12.6. The van der Waals surface area contributed by atoms with Crippen molar-refractivity contribution in [3.63, 3.8) is 0 Å². The first-order valence-electron chi connectivity index (χ1n) is 13.0. The number of halogens is 2. The van der Waals surface area contributed by atoms with Crippen molar-refractivity contribution >= 4 is 51.1 Å². The number of carboxylic acids is 1. The SMILES string of the molecule is CC(=O)O.NC1=NC(c2ccc(OS(=O)(=O)C3CC3)cc2)(c2cccc(-c3cc(Cl)cc(Cl)c3)c2)C2=NCCCN12. The highest BCUT2D eigenvalue weighted by atomic mass is 35.5. The van der Waals surface area contributed by atoms with Crippen molar-refractivity contribution in [1.82, 2.24) is 4.90 Å². The van der Waals surface area contributed by atoms with E-state index in [-0.39, 0.29) is 5.75 Å². The number of aliphatic imine (C=N–C) groups is 2. The van der Waals surface area contributed by atoms with Crippen LogP contribution in [0.25, 0.3) is 11.1 Å². The van der Waals surface area contributed by atoms with Gasteiger partial charge in [-0.1, -0.05) is 53.5 Å². The molecule has 1 saturated carbocycles. The Morgan fingerprint density at radius 2 is 1.68 bits per heavy atom. The molecule has 1 unspecified atom stereocenters. The second-order valence-electron chi connectivity index (χ2n) is 9.95. The molecule has 3 N–H and O–H groups in total. The van der Waals surface area contributed by atoms with E-state index in [9.17, 15) is 8.42 Å². The monoisotopic (exact) mass is 614 g/mol. The number of hydrogen-bond donors (Lipinski definition) is 2. The summed E-state index contributed by atoms with van der Waals surface area (Å²) in [6.45, 7) is 2.47. The van der Waals surface area contributed by atoms with Crippen LogP contribution in [0.5, 0.6) is 5.75 Å². The van der Waals surface area contributed by atoms with Gasteiger partial charge < -0.3 is 15.0 Å². The van der Waals surface area contributed by atoms with E-state index >= 15 is 0 Å². The average Bonchev–Trinajstić information content (AvgIpc) is 3.74. The zero-order valence-electron chi connectivity index (χ0n) is 22.1. The number of fused-ring (bicyclic) bond motifs is 1. The van der Waals surface area contributed by atoms with Crippen molar-refractivity contribution in [1.29, 1.82) is 0 Å². The van der Waals surface area contributed by atoms with Gasteiger partial charge in [-0.2, -0.15) is 8.42 Å². The number of amidine groups is 1. The molecule has 6 rings (SSSR count). The fourth-order valence-corrected chi connectivity index (χ4v) is 6.68. The van der Waals surface area contributed by atoms with Crippen LogP contribution < -0.4 is 9.92 Å². The summed E-state index contributed by atoms with van der Waals surface area (Å²) in [5.41, 5.74) is 8.90. The lowest BCUT2D eigenvalue weighted by atomic mass is 9.81. The molecule has 0 amide bonds. The Bertz CT molecular complexity index is 1630. The van der Waals surface area contributed by atoms with Crippen molar-refractivity contribution in [2.45, 2.75) is 37.0 Å². The Morgan fingerprint density at radius 3 is 2.32 bits per heavy atom. The average molecular weight is 616 g/mol. The van der Waals surface area contributed by atoms with E-state index < -0.39 is 26.9 Å². The molecule has 3 aromatic carbocycles. The standard InChI is InChI=1S/C27H24Cl2N4O3S.C2H4O2/c28-21-14-18(15-22(29)16-21)17-3-1-4-20(13-17)27(25-31-11-2-12-33(25)26(30)32-27)19-5-7-23(8-6-19)36-37(34,35)24-9-10-24;1-2(3)4/h1,3-8,13-16,24H,2,9-12H2,(H2,30,32);1H3,(H,3,4). The summed E-state index contributed by atoms with van der Waals surface area (Å²) in [5, 5.41) is 8.10. The summed E-state index contributed by atoms with van der Waals surface area (Å²) < 4.78 is 30.0. The Balaban J connectivity index is 0.000000794. The lowest BCUT2D eigenvalue weighted by molar-refractivity contribution is -0.134. The van der Waals surface area contributed by atoms with E-state index in [1.54, 1.807) is 18.2 Å². The van der Waals surface area contributed by atoms with Crippen molar-refractivity contribution < 1.29 is 22.5 Å². The normalized spacial score (nSPS) is 19.8. The van der Waals surface area contributed by atoms with Crippen LogP contribution in [0, 0.1) is 0 Å². The number of rotatable bonds is 6. The van der Waals surface area contributed by atoms with E-state index in [4.69, 9.17) is 53.0 Å². The van der Waals surface area contributed by atoms with Crippen LogP contribution in [0.2, 0.25) is 10.0 Å². The summed E-state index contributed by atoms with van der Waals surface area (Å²) in [7, 11) is -3.61. The number of guanidine groups is 1. The van der Waals surface area contributed by atoms with Gasteiger partial charge in [0.15, 0.2) is 11.5 Å². The lowest BCUT2D eigenvalue weighted by Crippen LogP contribution is -2.46. The number of hydrogen-bond acceptors (Lipinski definition) is 8. The molecule has 0 saturated heterocycles. The third-order valence-electron chi connectivity index (χ3n) is 6.83. The Hall–Kier alpha value is -3.60. The minimum Gasteiger partial charge on any atom is -0.481 e. The number of nitrogens with two attached hydrogens (primary N) is 1. The topological polar surface area (TPSA) is 135 Å². The predicted molar refractivity (Wildman–Crippen MR) is 160 cm³/mol. The summed E-state index contributed by atoms with van der Waals surface area (Å²) in [5.74, 6) is 0.577. The number of aliphatic carboxylic acids is 1. The maximum Gasteiger partial charge on any atom is 0.312 e. The molecule has 12 heteroatoms. The molecule has 41 heavy (non-hydrogen) atoms. The summed E-state index contributed by atoms with van der Waals surface area (Å²) in [6, 6.07) is 20.4. The summed E-state index contributed by atoms with van der Waals surface area (Å²) in [6.07, 6.45) is 2.16. The smallest absolute Gasteiger partial charge is 0.312 e. The molecule has 214 valence electrons. The van der Waals surface area contributed by atoms with Crippen molar-refractivity contribution in [2.75, 3.05) is 13.1 Å². The Morgan fingerprint density at radius 1 is 1.02 bits per heavy atom. The lowest BCUT2D eigenvalue weighted by Gasteiger charge is -2.33. The molecule has 2 heterocycles. The molecule has 1 atom stereocenters. The van der Waals surface area contributed by atoms with Crippen LogP contribution >= 0.6 is 23.2 Å². The second-order valence-corrected chi connectivity index (χ2v) is 12.6. The molecule has 0 radical (unpaired) electrons. The third kappa shape index (κ3) is 6.05. The Kier molecular flexibility index (Phi) is 8.00. The molecule has 1 fully saturated rings. The zero-order chi connectivity index (χ0) is 29.4. The third-order valence-corrected chi connectivity index (χ3v) is 8.98. The molecular weight excluding hydrogens is 587 g/mol. The molecule has 3 aromatic rings. The minimum absolute atomic E-state index is 0.269. The van der Waals surface area contributed by atoms with Gasteiger partial charge in [0.25, 0.3) is 5.97 Å². The van der Waals surface area contributed by atoms with Gasteiger partial charge in [0, 0.05) is 30.1 Å². The highest BCUT2D eigenvalue weighted by Gasteiger charge is 2.49. The van der Waals surface area contributed by atoms with Crippen LogP contribution in [-0.2, 0) is 20.5 Å². The van der Waals surface area contributed by atoms with E-state index in [1.165, 1.54) is 0 Å². The summed E-state index contributed by atoms with van der Waals surface area (Å²) in [4.78, 5) is 20.8. The molecule has 1 aliphatic carbocycles. The largest absolute Gasteiger partial charge is 0.481 e. The number of benzene rings is 3. The highest BCUT2D eigenvalue weighted by molar-refractivity contribution is 7.88. The van der Waals surface area contributed by atoms with Crippen molar-refractivity contribution in [2.24, 2.45) is 15.7 Å². The van der Waals surface area contributed by atoms with Gasteiger partial charge in [-0.3, -0.25) is 14.7 Å². The zero-order valence-corrected chi connectivity index (χ0v) is 24.5. The van der Waals surface area contributed by atoms with Crippen molar-refractivity contribution in [3.8, 4) is 16.9 Å². The molecule has 2 aliphatic heterocycles. The molecule has 0 aromatic heterocycles. The fourth-order valence-electron chi connectivity index (χ4n) is 4.93. The molecule has 0 bridgehead atoms. The highest BCUT2D eigenvalue weighted by Crippen LogP contribution is 2.43. The molecule has 9 nitrogen and oxygen atoms in total. The van der Waals surface area contributed by atoms with Gasteiger partial charge in [-0.25, -0.2) is 4.99 Å². The van der Waals surface area contributed by atoms with E-state index in [0.717, 1.165) is 48.0 Å². The number of nitrogens with zero attached hydrogens (tertiary/aromatic N) is 3.